The summed E-state index contributed by atoms with van der Waals surface area (Å²) in [4.78, 5) is 11.0. The SMILES string of the molecule is COC(C(=O)O)C1(c2ccc(F)c(F)c2)CC1. The van der Waals surface area contributed by atoms with Gasteiger partial charge >= 0.3 is 5.97 Å². The number of halogens is 2. The summed E-state index contributed by atoms with van der Waals surface area (Å²) in [5, 5.41) is 9.04. The molecule has 0 aliphatic heterocycles. The van der Waals surface area contributed by atoms with Crippen LogP contribution in [0.1, 0.15) is 18.4 Å². The van der Waals surface area contributed by atoms with Gasteiger partial charge < -0.3 is 9.84 Å². The van der Waals surface area contributed by atoms with E-state index in [0.717, 1.165) is 12.1 Å². The third kappa shape index (κ3) is 1.91. The van der Waals surface area contributed by atoms with E-state index in [1.54, 1.807) is 0 Å². The Morgan fingerprint density at radius 2 is 2.06 bits per heavy atom. The summed E-state index contributed by atoms with van der Waals surface area (Å²) in [6.45, 7) is 0. The van der Waals surface area contributed by atoms with Crippen LogP contribution in [0, 0.1) is 11.6 Å². The zero-order valence-electron chi connectivity index (χ0n) is 9.24. The van der Waals surface area contributed by atoms with Gasteiger partial charge in [-0.15, -0.1) is 0 Å². The zero-order chi connectivity index (χ0) is 12.6. The van der Waals surface area contributed by atoms with Crippen LogP contribution in [-0.4, -0.2) is 24.3 Å². The second-order valence-corrected chi connectivity index (χ2v) is 4.24. The van der Waals surface area contributed by atoms with E-state index in [-0.39, 0.29) is 0 Å². The number of ether oxygens (including phenoxy) is 1. The van der Waals surface area contributed by atoms with E-state index < -0.39 is 29.1 Å². The van der Waals surface area contributed by atoms with Crippen molar-refractivity contribution in [2.75, 3.05) is 7.11 Å². The average molecular weight is 242 g/mol. The first-order valence-electron chi connectivity index (χ1n) is 5.22. The molecule has 0 spiro atoms. The van der Waals surface area contributed by atoms with Gasteiger partial charge in [0.25, 0.3) is 0 Å². The maximum Gasteiger partial charge on any atom is 0.333 e. The smallest absolute Gasteiger partial charge is 0.333 e. The standard InChI is InChI=1S/C12H12F2O3/c1-17-10(11(15)16)12(4-5-12)7-2-3-8(13)9(14)6-7/h2-3,6,10H,4-5H2,1H3,(H,15,16). The fraction of sp³-hybridized carbons (Fsp3) is 0.417. The molecule has 1 unspecified atom stereocenters. The largest absolute Gasteiger partial charge is 0.479 e. The number of methoxy groups -OCH3 is 1. The van der Waals surface area contributed by atoms with E-state index in [4.69, 9.17) is 9.84 Å². The lowest BCUT2D eigenvalue weighted by Gasteiger charge is -2.22. The van der Waals surface area contributed by atoms with E-state index in [0.29, 0.717) is 18.4 Å². The van der Waals surface area contributed by atoms with Gasteiger partial charge in [-0.2, -0.15) is 0 Å². The van der Waals surface area contributed by atoms with Crippen LogP contribution < -0.4 is 0 Å². The minimum Gasteiger partial charge on any atom is -0.479 e. The van der Waals surface area contributed by atoms with Gasteiger partial charge in [0, 0.05) is 12.5 Å². The monoisotopic (exact) mass is 242 g/mol. The topological polar surface area (TPSA) is 46.5 Å². The fourth-order valence-electron chi connectivity index (χ4n) is 2.21. The van der Waals surface area contributed by atoms with Gasteiger partial charge in [-0.3, -0.25) is 0 Å². The van der Waals surface area contributed by atoms with Gasteiger partial charge in [0.2, 0.25) is 0 Å². The van der Waals surface area contributed by atoms with Gasteiger partial charge in [-0.25, -0.2) is 13.6 Å². The van der Waals surface area contributed by atoms with Crippen LogP contribution in [0.2, 0.25) is 0 Å². The first-order chi connectivity index (χ1) is 8.01. The molecule has 1 saturated carbocycles. The maximum atomic E-state index is 13.1. The van der Waals surface area contributed by atoms with E-state index in [2.05, 4.69) is 0 Å². The second kappa shape index (κ2) is 4.07. The third-order valence-electron chi connectivity index (χ3n) is 3.25. The predicted octanol–water partition coefficient (Wildman–Crippen LogP) is 2.10. The summed E-state index contributed by atoms with van der Waals surface area (Å²) in [5.41, 5.74) is -0.236. The zero-order valence-corrected chi connectivity index (χ0v) is 9.24. The molecular formula is C12H12F2O3. The Hall–Kier alpha value is -1.49. The quantitative estimate of drug-likeness (QED) is 0.879. The van der Waals surface area contributed by atoms with Crippen LogP contribution in [0.5, 0.6) is 0 Å². The molecule has 2 rings (SSSR count). The molecule has 1 aliphatic rings. The Morgan fingerprint density at radius 3 is 2.47 bits per heavy atom. The molecule has 1 fully saturated rings. The molecule has 0 bridgehead atoms. The molecular weight excluding hydrogens is 230 g/mol. The molecule has 17 heavy (non-hydrogen) atoms. The number of hydrogen-bond acceptors (Lipinski definition) is 2. The first kappa shape index (κ1) is 12.0. The number of benzene rings is 1. The van der Waals surface area contributed by atoms with Gasteiger partial charge in [-0.05, 0) is 30.5 Å². The number of hydrogen-bond donors (Lipinski definition) is 1. The Labute approximate surface area is 97.0 Å². The third-order valence-corrected chi connectivity index (χ3v) is 3.25. The minimum absolute atomic E-state index is 0.477. The Bertz CT molecular complexity index is 455. The molecule has 92 valence electrons. The highest BCUT2D eigenvalue weighted by Crippen LogP contribution is 2.52. The molecule has 3 nitrogen and oxygen atoms in total. The highest BCUT2D eigenvalue weighted by molar-refractivity contribution is 5.76. The van der Waals surface area contributed by atoms with Crippen LogP contribution >= 0.6 is 0 Å². The number of carbonyl (C=O) groups is 1. The van der Waals surface area contributed by atoms with Crippen molar-refractivity contribution in [1.82, 2.24) is 0 Å². The Kier molecular flexibility index (Phi) is 2.87. The summed E-state index contributed by atoms with van der Waals surface area (Å²) in [6.07, 6.45) is 0.179. The van der Waals surface area contributed by atoms with Crippen LogP contribution in [0.4, 0.5) is 8.78 Å². The van der Waals surface area contributed by atoms with Crippen molar-refractivity contribution in [3.8, 4) is 0 Å². The summed E-state index contributed by atoms with van der Waals surface area (Å²) in [5.74, 6) is -2.99. The van der Waals surface area contributed by atoms with Crippen LogP contribution in [0.3, 0.4) is 0 Å². The molecule has 0 aromatic heterocycles. The predicted molar refractivity (Wildman–Crippen MR) is 55.7 cm³/mol. The van der Waals surface area contributed by atoms with Crippen molar-refractivity contribution < 1.29 is 23.4 Å². The Morgan fingerprint density at radius 1 is 1.41 bits per heavy atom. The van der Waals surface area contributed by atoms with Gasteiger partial charge in [-0.1, -0.05) is 6.07 Å². The average Bonchev–Trinajstić information content (AvgIpc) is 3.04. The Balaban J connectivity index is 2.38. The molecule has 0 saturated heterocycles. The molecule has 5 heteroatoms. The fourth-order valence-corrected chi connectivity index (χ4v) is 2.21. The lowest BCUT2D eigenvalue weighted by atomic mass is 9.89. The molecule has 0 heterocycles. The molecule has 1 N–H and O–H groups in total. The van der Waals surface area contributed by atoms with Crippen molar-refractivity contribution >= 4 is 5.97 Å². The minimum atomic E-state index is -1.09. The molecule has 1 aromatic carbocycles. The molecule has 0 amide bonds. The molecule has 1 aromatic rings. The van der Waals surface area contributed by atoms with Gasteiger partial charge in [0.05, 0.1) is 0 Å². The van der Waals surface area contributed by atoms with Crippen molar-refractivity contribution in [3.05, 3.63) is 35.4 Å². The molecule has 0 radical (unpaired) electrons. The summed E-state index contributed by atoms with van der Waals surface area (Å²) in [7, 11) is 1.30. The first-order valence-corrected chi connectivity index (χ1v) is 5.22. The van der Waals surface area contributed by atoms with Crippen LogP contribution in [0.25, 0.3) is 0 Å². The number of rotatable bonds is 4. The summed E-state index contributed by atoms with van der Waals surface area (Å²) in [6, 6.07) is 3.48. The van der Waals surface area contributed by atoms with E-state index in [1.165, 1.54) is 13.2 Å². The van der Waals surface area contributed by atoms with E-state index >= 15 is 0 Å². The van der Waals surface area contributed by atoms with E-state index in [9.17, 15) is 13.6 Å². The second-order valence-electron chi connectivity index (χ2n) is 4.24. The molecule has 1 atom stereocenters. The van der Waals surface area contributed by atoms with Crippen molar-refractivity contribution in [3.63, 3.8) is 0 Å². The van der Waals surface area contributed by atoms with Crippen LogP contribution in [0.15, 0.2) is 18.2 Å². The van der Waals surface area contributed by atoms with Crippen molar-refractivity contribution in [2.45, 2.75) is 24.4 Å². The molecule has 1 aliphatic carbocycles. The number of carboxylic acids is 1. The summed E-state index contributed by atoms with van der Waals surface area (Å²) < 4.78 is 30.9. The highest BCUT2D eigenvalue weighted by Gasteiger charge is 2.54. The van der Waals surface area contributed by atoms with Crippen molar-refractivity contribution in [1.29, 1.82) is 0 Å². The summed E-state index contributed by atoms with van der Waals surface area (Å²) >= 11 is 0. The lowest BCUT2D eigenvalue weighted by Crippen LogP contribution is -2.35. The van der Waals surface area contributed by atoms with E-state index in [1.807, 2.05) is 0 Å². The number of carboxylic acid groups (broad SMARTS) is 1. The van der Waals surface area contributed by atoms with Crippen molar-refractivity contribution in [2.24, 2.45) is 0 Å². The maximum absolute atomic E-state index is 13.1. The normalized spacial score (nSPS) is 18.8. The lowest BCUT2D eigenvalue weighted by molar-refractivity contribution is -0.150. The number of aliphatic carboxylic acids is 1. The van der Waals surface area contributed by atoms with Gasteiger partial charge in [0.15, 0.2) is 17.7 Å². The van der Waals surface area contributed by atoms with Gasteiger partial charge in [0.1, 0.15) is 0 Å². The highest BCUT2D eigenvalue weighted by atomic mass is 19.2. The van der Waals surface area contributed by atoms with Crippen LogP contribution in [-0.2, 0) is 14.9 Å².